The first-order valence-corrected chi connectivity index (χ1v) is 11.6. The molecule has 168 valence electrons. The van der Waals surface area contributed by atoms with Crippen LogP contribution in [0.4, 0.5) is 4.39 Å². The molecule has 2 saturated carbocycles. The van der Waals surface area contributed by atoms with E-state index < -0.39 is 6.04 Å². The van der Waals surface area contributed by atoms with Crippen LogP contribution in [0.5, 0.6) is 0 Å². The van der Waals surface area contributed by atoms with Crippen molar-refractivity contribution in [1.29, 1.82) is 5.26 Å². The Morgan fingerprint density at radius 1 is 1.30 bits per heavy atom. The molecule has 1 aliphatic heterocycles. The number of hydrogen-bond acceptors (Lipinski definition) is 4. The van der Waals surface area contributed by atoms with Gasteiger partial charge in [0.1, 0.15) is 11.9 Å². The summed E-state index contributed by atoms with van der Waals surface area (Å²) in [4.78, 5) is 12.9. The molecular formula is C26H26FN5O. The third-order valence-corrected chi connectivity index (χ3v) is 8.14. The van der Waals surface area contributed by atoms with Crippen LogP contribution in [-0.2, 0) is 18.3 Å². The number of aromatic nitrogens is 2. The summed E-state index contributed by atoms with van der Waals surface area (Å²) in [6.45, 7) is 2.26. The third-order valence-electron chi connectivity index (χ3n) is 8.14. The van der Waals surface area contributed by atoms with E-state index in [1.807, 2.05) is 31.3 Å². The number of carbonyl (C=O) groups excluding carboxylic acids is 1. The van der Waals surface area contributed by atoms with Crippen molar-refractivity contribution in [2.45, 2.75) is 37.9 Å². The van der Waals surface area contributed by atoms with Crippen LogP contribution in [0.2, 0.25) is 0 Å². The van der Waals surface area contributed by atoms with Crippen LogP contribution in [0.15, 0.2) is 42.6 Å². The van der Waals surface area contributed by atoms with E-state index in [9.17, 15) is 14.4 Å². The highest BCUT2D eigenvalue weighted by Crippen LogP contribution is 2.64. The van der Waals surface area contributed by atoms with E-state index in [-0.39, 0.29) is 24.2 Å². The van der Waals surface area contributed by atoms with Gasteiger partial charge in [0.05, 0.1) is 23.8 Å². The maximum absolute atomic E-state index is 15.0. The molecule has 1 unspecified atom stereocenters. The Morgan fingerprint density at radius 2 is 2.09 bits per heavy atom. The molecule has 3 fully saturated rings. The van der Waals surface area contributed by atoms with E-state index in [2.05, 4.69) is 28.7 Å². The Bertz CT molecular complexity index is 1310. The molecule has 1 saturated heterocycles. The number of nitrogens with zero attached hydrogens (tertiary/aromatic N) is 3. The van der Waals surface area contributed by atoms with Crippen molar-refractivity contribution in [2.24, 2.45) is 30.7 Å². The number of rotatable bonds is 5. The van der Waals surface area contributed by atoms with Crippen LogP contribution >= 0.6 is 0 Å². The SMILES string of the molecule is C[C@H]1C2[C@H]1[C@@H]1C[C@H]2[C@@H](C(=O)N[C@H](C#N)Cc2ccc(-c3ccc4cnn(C)c4c3)cc2F)N1. The zero-order valence-corrected chi connectivity index (χ0v) is 18.6. The van der Waals surface area contributed by atoms with E-state index in [0.29, 0.717) is 29.4 Å². The zero-order chi connectivity index (χ0) is 22.9. The predicted molar refractivity (Wildman–Crippen MR) is 122 cm³/mol. The maximum Gasteiger partial charge on any atom is 0.238 e. The molecule has 3 aromatic rings. The van der Waals surface area contributed by atoms with Crippen molar-refractivity contribution in [3.8, 4) is 17.2 Å². The van der Waals surface area contributed by atoms with Crippen molar-refractivity contribution in [3.05, 3.63) is 54.0 Å². The van der Waals surface area contributed by atoms with Crippen LogP contribution in [0.25, 0.3) is 22.0 Å². The fourth-order valence-electron chi connectivity index (χ4n) is 6.43. The van der Waals surface area contributed by atoms with Gasteiger partial charge in [-0.2, -0.15) is 10.4 Å². The van der Waals surface area contributed by atoms with Crippen molar-refractivity contribution in [3.63, 3.8) is 0 Å². The molecule has 7 heteroatoms. The van der Waals surface area contributed by atoms with Crippen LogP contribution in [0, 0.1) is 40.8 Å². The molecule has 2 N–H and O–H groups in total. The highest BCUT2D eigenvalue weighted by molar-refractivity contribution is 5.85. The van der Waals surface area contributed by atoms with Gasteiger partial charge in [0.25, 0.3) is 0 Å². The Balaban J connectivity index is 1.15. The molecule has 2 aliphatic carbocycles. The first-order valence-electron chi connectivity index (χ1n) is 11.6. The van der Waals surface area contributed by atoms with E-state index >= 15 is 0 Å². The summed E-state index contributed by atoms with van der Waals surface area (Å²) >= 11 is 0. The number of halogens is 1. The number of piperidine rings is 1. The van der Waals surface area contributed by atoms with Gasteiger partial charge in [-0.25, -0.2) is 4.39 Å². The Kier molecular flexibility index (Phi) is 4.56. The van der Waals surface area contributed by atoms with Crippen LogP contribution in [0.3, 0.4) is 0 Å². The van der Waals surface area contributed by atoms with Gasteiger partial charge in [0, 0.05) is 24.9 Å². The number of amides is 1. The Morgan fingerprint density at radius 3 is 2.85 bits per heavy atom. The van der Waals surface area contributed by atoms with Gasteiger partial charge in [0.2, 0.25) is 5.91 Å². The number of nitrogens with one attached hydrogen (secondary N) is 2. The Labute approximate surface area is 191 Å². The molecule has 2 bridgehead atoms. The van der Waals surface area contributed by atoms with Crippen molar-refractivity contribution < 1.29 is 9.18 Å². The molecule has 2 heterocycles. The lowest BCUT2D eigenvalue weighted by molar-refractivity contribution is -0.124. The average molecular weight is 444 g/mol. The lowest BCUT2D eigenvalue weighted by Crippen LogP contribution is -2.51. The summed E-state index contributed by atoms with van der Waals surface area (Å²) in [6, 6.07) is 12.5. The molecule has 3 aliphatic rings. The van der Waals surface area contributed by atoms with Crippen molar-refractivity contribution >= 4 is 16.8 Å². The molecule has 0 spiro atoms. The normalized spacial score (nSPS) is 30.1. The van der Waals surface area contributed by atoms with Gasteiger partial charge in [-0.3, -0.25) is 9.48 Å². The number of benzene rings is 2. The average Bonchev–Trinajstić information content (AvgIpc) is 3.16. The highest BCUT2D eigenvalue weighted by Gasteiger charge is 2.67. The number of nitriles is 1. The second-order valence-corrected chi connectivity index (χ2v) is 9.91. The van der Waals surface area contributed by atoms with Gasteiger partial charge in [0.15, 0.2) is 0 Å². The van der Waals surface area contributed by atoms with E-state index in [1.54, 1.807) is 16.9 Å². The topological polar surface area (TPSA) is 82.7 Å². The summed E-state index contributed by atoms with van der Waals surface area (Å²) < 4.78 is 16.8. The number of carbonyl (C=O) groups is 1. The molecule has 33 heavy (non-hydrogen) atoms. The standard InChI is InChI=1S/C26H26FN5O/c1-13-23-19-10-21(24(13)23)31-25(19)26(33)30-18(11-28)7-16-5-3-14(8-20(16)27)15-4-6-17-12-29-32(2)22(17)9-15/h3-6,8-9,12-13,18-19,21,23-25,31H,7,10H2,1-2H3,(H,30,33)/t13-,18-,19+,21-,23?,24+,25-/m0/s1. The summed E-state index contributed by atoms with van der Waals surface area (Å²) in [6.07, 6.45) is 2.99. The first-order chi connectivity index (χ1) is 15.9. The quantitative estimate of drug-likeness (QED) is 0.635. The molecule has 0 radical (unpaired) electrons. The number of fused-ring (bicyclic) bond motifs is 6. The molecule has 6 rings (SSSR count). The highest BCUT2D eigenvalue weighted by atomic mass is 19.1. The third kappa shape index (κ3) is 3.24. The van der Waals surface area contributed by atoms with E-state index in [4.69, 9.17) is 0 Å². The molecule has 6 nitrogen and oxygen atoms in total. The maximum atomic E-state index is 15.0. The molecular weight excluding hydrogens is 417 g/mol. The minimum absolute atomic E-state index is 0.131. The molecule has 1 aromatic heterocycles. The van der Waals surface area contributed by atoms with Gasteiger partial charge in [-0.15, -0.1) is 0 Å². The monoisotopic (exact) mass is 443 g/mol. The van der Waals surface area contributed by atoms with Gasteiger partial charge >= 0.3 is 0 Å². The largest absolute Gasteiger partial charge is 0.339 e. The van der Waals surface area contributed by atoms with Crippen molar-refractivity contribution in [2.75, 3.05) is 0 Å². The van der Waals surface area contributed by atoms with E-state index in [1.165, 1.54) is 6.07 Å². The second-order valence-electron chi connectivity index (χ2n) is 9.91. The number of hydrogen-bond donors (Lipinski definition) is 2. The lowest BCUT2D eigenvalue weighted by atomic mass is 9.94. The smallest absolute Gasteiger partial charge is 0.238 e. The van der Waals surface area contributed by atoms with Crippen LogP contribution in [0.1, 0.15) is 18.9 Å². The summed E-state index contributed by atoms with van der Waals surface area (Å²) in [5.74, 6) is 1.91. The second kappa shape index (κ2) is 7.39. The first kappa shape index (κ1) is 20.4. The molecule has 1 amide bonds. The summed E-state index contributed by atoms with van der Waals surface area (Å²) in [5, 5.41) is 21.2. The van der Waals surface area contributed by atoms with Gasteiger partial charge in [-0.05, 0) is 58.9 Å². The van der Waals surface area contributed by atoms with Crippen molar-refractivity contribution in [1.82, 2.24) is 20.4 Å². The van der Waals surface area contributed by atoms with Gasteiger partial charge in [-0.1, -0.05) is 31.2 Å². The lowest BCUT2D eigenvalue weighted by Gasteiger charge is -2.23. The zero-order valence-electron chi connectivity index (χ0n) is 18.6. The van der Waals surface area contributed by atoms with Crippen LogP contribution in [-0.4, -0.2) is 33.8 Å². The number of aryl methyl sites for hydroxylation is 1. The predicted octanol–water partition coefficient (Wildman–Crippen LogP) is 3.17. The van der Waals surface area contributed by atoms with Crippen LogP contribution < -0.4 is 10.6 Å². The minimum atomic E-state index is -0.767. The van der Waals surface area contributed by atoms with Gasteiger partial charge < -0.3 is 10.6 Å². The fourth-order valence-corrected chi connectivity index (χ4v) is 6.43. The Hall–Kier alpha value is -3.24. The molecule has 2 aromatic carbocycles. The van der Waals surface area contributed by atoms with E-state index in [0.717, 1.165) is 34.4 Å². The fraction of sp³-hybridized carbons (Fsp3) is 0.423. The minimum Gasteiger partial charge on any atom is -0.339 e. The summed E-state index contributed by atoms with van der Waals surface area (Å²) in [5.41, 5.74) is 3.06. The molecule has 7 atom stereocenters. The summed E-state index contributed by atoms with van der Waals surface area (Å²) in [7, 11) is 1.88.